The Balaban J connectivity index is 2.00. The molecule has 0 saturated heterocycles. The van der Waals surface area contributed by atoms with Crippen molar-refractivity contribution >= 4 is 21.9 Å². The van der Waals surface area contributed by atoms with E-state index in [4.69, 9.17) is 9.15 Å². The van der Waals surface area contributed by atoms with Crippen LogP contribution in [0.15, 0.2) is 52.0 Å². The van der Waals surface area contributed by atoms with Crippen LogP contribution in [0.2, 0.25) is 0 Å². The van der Waals surface area contributed by atoms with Gasteiger partial charge in [0, 0.05) is 13.1 Å². The van der Waals surface area contributed by atoms with Gasteiger partial charge in [0.05, 0.1) is 22.8 Å². The fourth-order valence-corrected chi connectivity index (χ4v) is 4.11. The standard InChI is InChI=1S/C19H24N2O6S/c1-4-21(5-2)28(24,25)16-9-6-8-15(12-16)19(23)27-13-18(22)20-14(3)17-10-7-11-26-17/h6-12,14H,4-5,13H2,1-3H3,(H,20,22)/t14-/m0/s1. The maximum Gasteiger partial charge on any atom is 0.338 e. The van der Waals surface area contributed by atoms with Crippen molar-refractivity contribution in [3.63, 3.8) is 0 Å². The van der Waals surface area contributed by atoms with Crippen molar-refractivity contribution in [3.05, 3.63) is 54.0 Å². The molecule has 2 aromatic rings. The number of carbonyl (C=O) groups is 2. The molecule has 1 N–H and O–H groups in total. The van der Waals surface area contributed by atoms with Crippen LogP contribution in [-0.4, -0.2) is 44.3 Å². The molecule has 28 heavy (non-hydrogen) atoms. The number of nitrogens with zero attached hydrogens (tertiary/aromatic N) is 1. The average molecular weight is 408 g/mol. The van der Waals surface area contributed by atoms with Crippen LogP contribution in [0.1, 0.15) is 42.9 Å². The summed E-state index contributed by atoms with van der Waals surface area (Å²) in [5.41, 5.74) is 0.0557. The zero-order valence-corrected chi connectivity index (χ0v) is 16.9. The van der Waals surface area contributed by atoms with E-state index >= 15 is 0 Å². The van der Waals surface area contributed by atoms with E-state index in [1.165, 1.54) is 34.8 Å². The highest BCUT2D eigenvalue weighted by Gasteiger charge is 2.23. The summed E-state index contributed by atoms with van der Waals surface area (Å²) in [6, 6.07) is 8.63. The molecule has 0 radical (unpaired) electrons. The second-order valence-electron chi connectivity index (χ2n) is 6.00. The summed E-state index contributed by atoms with van der Waals surface area (Å²) < 4.78 is 36.6. The molecule has 0 bridgehead atoms. The summed E-state index contributed by atoms with van der Waals surface area (Å²) in [7, 11) is -3.69. The Labute approximate surface area is 164 Å². The Hall–Kier alpha value is -2.65. The van der Waals surface area contributed by atoms with Gasteiger partial charge in [-0.3, -0.25) is 4.79 Å². The van der Waals surface area contributed by atoms with Gasteiger partial charge in [0.2, 0.25) is 10.0 Å². The highest BCUT2D eigenvalue weighted by molar-refractivity contribution is 7.89. The highest BCUT2D eigenvalue weighted by Crippen LogP contribution is 2.17. The summed E-state index contributed by atoms with van der Waals surface area (Å²) in [5.74, 6) is -0.699. The lowest BCUT2D eigenvalue weighted by Crippen LogP contribution is -2.31. The molecule has 0 spiro atoms. The Morgan fingerprint density at radius 2 is 1.89 bits per heavy atom. The van der Waals surface area contributed by atoms with Crippen molar-refractivity contribution in [3.8, 4) is 0 Å². The minimum Gasteiger partial charge on any atom is -0.467 e. The average Bonchev–Trinajstić information content (AvgIpc) is 3.22. The first-order valence-electron chi connectivity index (χ1n) is 8.89. The Kier molecular flexibility index (Phi) is 7.36. The van der Waals surface area contributed by atoms with Gasteiger partial charge in [-0.2, -0.15) is 4.31 Å². The van der Waals surface area contributed by atoms with Gasteiger partial charge in [-0.1, -0.05) is 19.9 Å². The number of sulfonamides is 1. The number of amides is 1. The van der Waals surface area contributed by atoms with Gasteiger partial charge in [0.25, 0.3) is 5.91 Å². The Morgan fingerprint density at radius 3 is 2.50 bits per heavy atom. The number of esters is 1. The molecule has 152 valence electrons. The molecular formula is C19H24N2O6S. The smallest absolute Gasteiger partial charge is 0.338 e. The number of rotatable bonds is 9. The topological polar surface area (TPSA) is 106 Å². The molecule has 0 fully saturated rings. The Morgan fingerprint density at radius 1 is 1.18 bits per heavy atom. The molecule has 1 aromatic heterocycles. The van der Waals surface area contributed by atoms with Crippen LogP contribution in [0.4, 0.5) is 0 Å². The van der Waals surface area contributed by atoms with Crippen molar-refractivity contribution in [2.45, 2.75) is 31.7 Å². The van der Waals surface area contributed by atoms with E-state index in [-0.39, 0.29) is 16.5 Å². The third-order valence-electron chi connectivity index (χ3n) is 4.09. The van der Waals surface area contributed by atoms with Crippen molar-refractivity contribution in [2.75, 3.05) is 19.7 Å². The first-order chi connectivity index (χ1) is 13.3. The molecule has 9 heteroatoms. The third kappa shape index (κ3) is 5.20. The van der Waals surface area contributed by atoms with Gasteiger partial charge in [-0.15, -0.1) is 0 Å². The van der Waals surface area contributed by atoms with Crippen LogP contribution in [0.5, 0.6) is 0 Å². The van der Waals surface area contributed by atoms with Crippen LogP contribution < -0.4 is 5.32 Å². The van der Waals surface area contributed by atoms with Crippen molar-refractivity contribution in [1.29, 1.82) is 0 Å². The van der Waals surface area contributed by atoms with E-state index < -0.39 is 28.5 Å². The van der Waals surface area contributed by atoms with E-state index in [2.05, 4.69) is 5.32 Å². The minimum absolute atomic E-state index is 0.00143. The summed E-state index contributed by atoms with van der Waals surface area (Å²) >= 11 is 0. The third-order valence-corrected chi connectivity index (χ3v) is 6.14. The van der Waals surface area contributed by atoms with Gasteiger partial charge in [0.15, 0.2) is 6.61 Å². The first kappa shape index (κ1) is 21.6. The van der Waals surface area contributed by atoms with E-state index in [9.17, 15) is 18.0 Å². The maximum absolute atomic E-state index is 12.6. The van der Waals surface area contributed by atoms with Crippen LogP contribution in [0.25, 0.3) is 0 Å². The maximum atomic E-state index is 12.6. The Bertz CT molecular complexity index is 904. The molecular weight excluding hydrogens is 384 g/mol. The molecule has 0 unspecified atom stereocenters. The minimum atomic E-state index is -3.69. The van der Waals surface area contributed by atoms with Crippen LogP contribution in [-0.2, 0) is 19.6 Å². The fraction of sp³-hybridized carbons (Fsp3) is 0.368. The number of carbonyl (C=O) groups excluding carboxylic acids is 2. The second-order valence-corrected chi connectivity index (χ2v) is 7.94. The molecule has 1 aromatic carbocycles. The van der Waals surface area contributed by atoms with Gasteiger partial charge in [-0.25, -0.2) is 13.2 Å². The predicted molar refractivity (Wildman–Crippen MR) is 102 cm³/mol. The molecule has 0 aliphatic heterocycles. The lowest BCUT2D eigenvalue weighted by Gasteiger charge is -2.18. The van der Waals surface area contributed by atoms with Gasteiger partial charge >= 0.3 is 5.97 Å². The quantitative estimate of drug-likeness (QED) is 0.639. The first-order valence-corrected chi connectivity index (χ1v) is 10.3. The second kappa shape index (κ2) is 9.52. The molecule has 1 atom stereocenters. The van der Waals surface area contributed by atoms with Gasteiger partial charge in [-0.05, 0) is 37.3 Å². The molecule has 1 heterocycles. The highest BCUT2D eigenvalue weighted by atomic mass is 32.2. The largest absolute Gasteiger partial charge is 0.467 e. The van der Waals surface area contributed by atoms with E-state index in [1.54, 1.807) is 32.9 Å². The van der Waals surface area contributed by atoms with Gasteiger partial charge in [0.1, 0.15) is 5.76 Å². The van der Waals surface area contributed by atoms with Crippen LogP contribution >= 0.6 is 0 Å². The zero-order valence-electron chi connectivity index (χ0n) is 16.0. The van der Waals surface area contributed by atoms with Gasteiger partial charge < -0.3 is 14.5 Å². The zero-order chi connectivity index (χ0) is 20.7. The van der Waals surface area contributed by atoms with E-state index in [0.29, 0.717) is 18.8 Å². The number of benzene rings is 1. The van der Waals surface area contributed by atoms with Crippen molar-refractivity contribution < 1.29 is 27.2 Å². The van der Waals surface area contributed by atoms with Crippen LogP contribution in [0, 0.1) is 0 Å². The molecule has 8 nitrogen and oxygen atoms in total. The lowest BCUT2D eigenvalue weighted by molar-refractivity contribution is -0.125. The lowest BCUT2D eigenvalue weighted by atomic mass is 10.2. The molecule has 0 saturated carbocycles. The predicted octanol–water partition coefficient (Wildman–Crippen LogP) is 2.34. The SMILES string of the molecule is CCN(CC)S(=O)(=O)c1cccc(C(=O)OCC(=O)N[C@@H](C)c2ccco2)c1. The summed E-state index contributed by atoms with van der Waals surface area (Å²) in [6.45, 7) is 5.36. The van der Waals surface area contributed by atoms with Crippen LogP contribution in [0.3, 0.4) is 0 Å². The molecule has 2 rings (SSSR count). The monoisotopic (exact) mass is 408 g/mol. The molecule has 1 amide bonds. The number of furan rings is 1. The van der Waals surface area contributed by atoms with Crippen molar-refractivity contribution in [1.82, 2.24) is 9.62 Å². The number of hydrogen-bond acceptors (Lipinski definition) is 6. The van der Waals surface area contributed by atoms with Crippen molar-refractivity contribution in [2.24, 2.45) is 0 Å². The van der Waals surface area contributed by atoms with E-state index in [1.807, 2.05) is 0 Å². The number of nitrogens with one attached hydrogen (secondary N) is 1. The molecule has 0 aliphatic carbocycles. The fourth-order valence-electron chi connectivity index (χ4n) is 2.60. The number of hydrogen-bond donors (Lipinski definition) is 1. The normalized spacial score (nSPS) is 12.6. The molecule has 0 aliphatic rings. The number of ether oxygens (including phenoxy) is 1. The summed E-state index contributed by atoms with van der Waals surface area (Å²) in [5, 5.41) is 2.64. The summed E-state index contributed by atoms with van der Waals surface area (Å²) in [4.78, 5) is 24.2. The van der Waals surface area contributed by atoms with E-state index in [0.717, 1.165) is 0 Å². The summed E-state index contributed by atoms with van der Waals surface area (Å²) in [6.07, 6.45) is 1.50.